The Morgan fingerprint density at radius 3 is 2.53 bits per heavy atom. The van der Waals surface area contributed by atoms with Crippen LogP contribution in [0.25, 0.3) is 0 Å². The fourth-order valence-electron chi connectivity index (χ4n) is 5.30. The first-order valence-corrected chi connectivity index (χ1v) is 10.3. The number of nitrogens with zero attached hydrogens (tertiary/aromatic N) is 1. The molecule has 0 bridgehead atoms. The van der Waals surface area contributed by atoms with Crippen LogP contribution in [0.5, 0.6) is 0 Å². The Bertz CT molecular complexity index is 987. The number of carbonyl (C=O) groups excluding carboxylic acids is 2. The topological polar surface area (TPSA) is 101 Å². The molecule has 156 valence electrons. The van der Waals surface area contributed by atoms with Gasteiger partial charge in [-0.1, -0.05) is 42.3 Å². The maximum Gasteiger partial charge on any atom is 0.324 e. The first kappa shape index (κ1) is 20.3. The second-order valence-electron chi connectivity index (χ2n) is 8.46. The normalized spacial score (nSPS) is 24.5. The van der Waals surface area contributed by atoms with Gasteiger partial charge in [-0.25, -0.2) is 0 Å². The number of para-hydroxylation sites is 1. The number of anilines is 1. The summed E-state index contributed by atoms with van der Waals surface area (Å²) in [6.07, 6.45) is 2.76. The van der Waals surface area contributed by atoms with E-state index in [0.29, 0.717) is 17.5 Å². The molecule has 2 aromatic rings. The highest BCUT2D eigenvalue weighted by Crippen LogP contribution is 2.53. The highest BCUT2D eigenvalue weighted by atomic mass is 16.4. The van der Waals surface area contributed by atoms with Gasteiger partial charge in [-0.15, -0.1) is 0 Å². The molecule has 0 aromatic heterocycles. The van der Waals surface area contributed by atoms with Crippen LogP contribution < -0.4 is 10.6 Å². The molecule has 1 amide bonds. The molecule has 2 aliphatic rings. The Morgan fingerprint density at radius 2 is 1.87 bits per heavy atom. The van der Waals surface area contributed by atoms with Gasteiger partial charge < -0.3 is 20.5 Å². The molecule has 0 spiro atoms. The Balaban J connectivity index is 1.86. The van der Waals surface area contributed by atoms with Crippen molar-refractivity contribution < 1.29 is 19.5 Å². The summed E-state index contributed by atoms with van der Waals surface area (Å²) in [7, 11) is 0. The molecule has 1 heterocycles. The third-order valence-electron chi connectivity index (χ3n) is 6.71. The van der Waals surface area contributed by atoms with Gasteiger partial charge in [0.05, 0.1) is 0 Å². The predicted molar refractivity (Wildman–Crippen MR) is 114 cm³/mol. The molecule has 3 N–H and O–H groups in total. The SMILES string of the molecule is Cc1ccc(C(=O)N2c3ccccc3C(C(N)(CC=O)C(=O)O)C3CCCC32)cc1. The highest BCUT2D eigenvalue weighted by Gasteiger charge is 2.55. The van der Waals surface area contributed by atoms with E-state index in [-0.39, 0.29) is 24.3 Å². The standard InChI is InChI=1S/C24H26N2O4/c1-15-9-11-16(12-10-15)22(28)26-19-7-3-2-5-17(19)21(18-6-4-8-20(18)26)24(25,13-14-27)23(29)30/h2-3,5,7,9-12,14,18,20-21H,4,6,8,13,25H2,1H3,(H,29,30). The highest BCUT2D eigenvalue weighted by molar-refractivity contribution is 6.07. The molecule has 2 aromatic carbocycles. The van der Waals surface area contributed by atoms with E-state index in [1.165, 1.54) is 0 Å². The Hall–Kier alpha value is -2.99. The number of carbonyl (C=O) groups is 3. The zero-order valence-corrected chi connectivity index (χ0v) is 17.0. The maximum atomic E-state index is 13.6. The Kier molecular flexibility index (Phi) is 5.20. The fourth-order valence-corrected chi connectivity index (χ4v) is 5.30. The van der Waals surface area contributed by atoms with Crippen LogP contribution in [-0.2, 0) is 9.59 Å². The number of hydrogen-bond donors (Lipinski definition) is 2. The Labute approximate surface area is 175 Å². The van der Waals surface area contributed by atoms with E-state index in [2.05, 4.69) is 0 Å². The molecule has 4 atom stereocenters. The van der Waals surface area contributed by atoms with Crippen molar-refractivity contribution in [2.45, 2.75) is 50.1 Å². The van der Waals surface area contributed by atoms with Gasteiger partial charge in [0.2, 0.25) is 0 Å². The summed E-state index contributed by atoms with van der Waals surface area (Å²) in [5, 5.41) is 9.98. The van der Waals surface area contributed by atoms with Gasteiger partial charge in [-0.2, -0.15) is 0 Å². The number of rotatable bonds is 5. The van der Waals surface area contributed by atoms with E-state index in [4.69, 9.17) is 5.73 Å². The first-order chi connectivity index (χ1) is 14.4. The van der Waals surface area contributed by atoms with Gasteiger partial charge in [0.1, 0.15) is 11.8 Å². The summed E-state index contributed by atoms with van der Waals surface area (Å²) in [6, 6.07) is 14.7. The molecule has 4 rings (SSSR count). The van der Waals surface area contributed by atoms with Crippen molar-refractivity contribution in [2.24, 2.45) is 11.7 Å². The number of carboxylic acids is 1. The lowest BCUT2D eigenvalue weighted by Gasteiger charge is -2.48. The molecule has 1 aliphatic heterocycles. The van der Waals surface area contributed by atoms with Crippen LogP contribution >= 0.6 is 0 Å². The van der Waals surface area contributed by atoms with Crippen molar-refractivity contribution >= 4 is 23.9 Å². The van der Waals surface area contributed by atoms with Crippen molar-refractivity contribution in [1.82, 2.24) is 0 Å². The number of aldehydes is 1. The number of fused-ring (bicyclic) bond motifs is 2. The van der Waals surface area contributed by atoms with Crippen molar-refractivity contribution in [1.29, 1.82) is 0 Å². The molecule has 6 nitrogen and oxygen atoms in total. The monoisotopic (exact) mass is 406 g/mol. The molecular weight excluding hydrogens is 380 g/mol. The molecule has 0 radical (unpaired) electrons. The van der Waals surface area contributed by atoms with E-state index < -0.39 is 17.4 Å². The van der Waals surface area contributed by atoms with E-state index in [1.807, 2.05) is 60.4 Å². The van der Waals surface area contributed by atoms with Crippen LogP contribution in [0.3, 0.4) is 0 Å². The number of benzene rings is 2. The smallest absolute Gasteiger partial charge is 0.324 e. The third kappa shape index (κ3) is 3.12. The summed E-state index contributed by atoms with van der Waals surface area (Å²) >= 11 is 0. The summed E-state index contributed by atoms with van der Waals surface area (Å²) in [5.41, 5.74) is 7.81. The number of amides is 1. The summed E-state index contributed by atoms with van der Waals surface area (Å²) in [4.78, 5) is 38.9. The van der Waals surface area contributed by atoms with E-state index in [1.54, 1.807) is 0 Å². The van der Waals surface area contributed by atoms with Crippen LogP contribution in [0.1, 0.15) is 53.1 Å². The number of aryl methyl sites for hydroxylation is 1. The summed E-state index contributed by atoms with van der Waals surface area (Å²) < 4.78 is 0. The van der Waals surface area contributed by atoms with Crippen molar-refractivity contribution in [3.05, 3.63) is 65.2 Å². The van der Waals surface area contributed by atoms with Gasteiger partial charge in [0, 0.05) is 29.6 Å². The first-order valence-electron chi connectivity index (χ1n) is 10.3. The van der Waals surface area contributed by atoms with Crippen molar-refractivity contribution in [3.8, 4) is 0 Å². The van der Waals surface area contributed by atoms with Crippen LogP contribution in [0.15, 0.2) is 48.5 Å². The average Bonchev–Trinajstić information content (AvgIpc) is 3.20. The minimum atomic E-state index is -1.70. The average molecular weight is 406 g/mol. The lowest BCUT2D eigenvalue weighted by Crippen LogP contribution is -2.60. The second-order valence-corrected chi connectivity index (χ2v) is 8.46. The quantitative estimate of drug-likeness (QED) is 0.742. The fraction of sp³-hybridized carbons (Fsp3) is 0.375. The molecule has 1 fully saturated rings. The van der Waals surface area contributed by atoms with E-state index in [9.17, 15) is 19.5 Å². The summed E-state index contributed by atoms with van der Waals surface area (Å²) in [5.74, 6) is -1.93. The van der Waals surface area contributed by atoms with Gasteiger partial charge in [-0.05, 0) is 49.4 Å². The Morgan fingerprint density at radius 1 is 1.17 bits per heavy atom. The van der Waals surface area contributed by atoms with Gasteiger partial charge in [0.15, 0.2) is 0 Å². The summed E-state index contributed by atoms with van der Waals surface area (Å²) in [6.45, 7) is 1.97. The van der Waals surface area contributed by atoms with E-state index in [0.717, 1.165) is 30.4 Å². The zero-order chi connectivity index (χ0) is 21.5. The number of aliphatic carboxylic acids is 1. The largest absolute Gasteiger partial charge is 0.480 e. The van der Waals surface area contributed by atoms with Crippen molar-refractivity contribution in [2.75, 3.05) is 4.90 Å². The number of nitrogens with two attached hydrogens (primary N) is 1. The van der Waals surface area contributed by atoms with Crippen LogP contribution in [0.4, 0.5) is 5.69 Å². The number of carboxylic acid groups (broad SMARTS) is 1. The molecule has 1 aliphatic carbocycles. The van der Waals surface area contributed by atoms with Gasteiger partial charge in [0.25, 0.3) is 5.91 Å². The third-order valence-corrected chi connectivity index (χ3v) is 6.71. The van der Waals surface area contributed by atoms with Crippen molar-refractivity contribution in [3.63, 3.8) is 0 Å². The minimum Gasteiger partial charge on any atom is -0.480 e. The lowest BCUT2D eigenvalue weighted by molar-refractivity contribution is -0.146. The van der Waals surface area contributed by atoms with Gasteiger partial charge >= 0.3 is 5.97 Å². The molecule has 4 unspecified atom stereocenters. The molecular formula is C24H26N2O4. The van der Waals surface area contributed by atoms with Crippen LogP contribution in [0, 0.1) is 12.8 Å². The van der Waals surface area contributed by atoms with Gasteiger partial charge in [-0.3, -0.25) is 9.59 Å². The van der Waals surface area contributed by atoms with E-state index >= 15 is 0 Å². The predicted octanol–water partition coefficient (Wildman–Crippen LogP) is 3.28. The lowest BCUT2D eigenvalue weighted by atomic mass is 9.66. The molecule has 30 heavy (non-hydrogen) atoms. The minimum absolute atomic E-state index is 0.0915. The second kappa shape index (κ2) is 7.69. The molecule has 0 saturated heterocycles. The number of hydrogen-bond acceptors (Lipinski definition) is 4. The van der Waals surface area contributed by atoms with Crippen LogP contribution in [0.2, 0.25) is 0 Å². The maximum absolute atomic E-state index is 13.6. The zero-order valence-electron chi connectivity index (χ0n) is 17.0. The molecule has 1 saturated carbocycles. The molecule has 6 heteroatoms. The van der Waals surface area contributed by atoms with Crippen LogP contribution in [-0.4, -0.2) is 34.8 Å².